The standard InChI is InChI=1S/C7H7FN2S/c1-4-5(2-9)7(8)11-6(4)3-10/h3,10H2,1H3. The molecule has 0 atom stereocenters. The Bertz CT molecular complexity index is 311. The van der Waals surface area contributed by atoms with Crippen molar-refractivity contribution < 1.29 is 4.39 Å². The SMILES string of the molecule is Cc1c(CN)sc(F)c1C#N. The quantitative estimate of drug-likeness (QED) is 0.694. The second-order valence-corrected chi connectivity index (χ2v) is 3.17. The van der Waals surface area contributed by atoms with Crippen molar-refractivity contribution in [2.24, 2.45) is 5.73 Å². The van der Waals surface area contributed by atoms with E-state index in [0.29, 0.717) is 12.1 Å². The smallest absolute Gasteiger partial charge is 0.194 e. The van der Waals surface area contributed by atoms with Crippen LogP contribution < -0.4 is 5.73 Å². The first-order valence-corrected chi connectivity index (χ1v) is 3.90. The molecule has 2 nitrogen and oxygen atoms in total. The molecular formula is C7H7FN2S. The summed E-state index contributed by atoms with van der Waals surface area (Å²) in [7, 11) is 0. The van der Waals surface area contributed by atoms with Gasteiger partial charge in [-0.05, 0) is 12.5 Å². The third-order valence-corrected chi connectivity index (χ3v) is 2.60. The lowest BCUT2D eigenvalue weighted by Gasteiger charge is -1.89. The van der Waals surface area contributed by atoms with Crippen LogP contribution in [0.1, 0.15) is 16.0 Å². The molecule has 0 bridgehead atoms. The van der Waals surface area contributed by atoms with Gasteiger partial charge in [0.1, 0.15) is 11.6 Å². The zero-order valence-electron chi connectivity index (χ0n) is 6.02. The zero-order valence-corrected chi connectivity index (χ0v) is 6.83. The van der Waals surface area contributed by atoms with Crippen LogP contribution in [0.25, 0.3) is 0 Å². The van der Waals surface area contributed by atoms with E-state index < -0.39 is 5.13 Å². The van der Waals surface area contributed by atoms with E-state index >= 15 is 0 Å². The molecule has 0 saturated carbocycles. The predicted molar refractivity (Wildman–Crippen MR) is 41.6 cm³/mol. The maximum atomic E-state index is 12.8. The summed E-state index contributed by atoms with van der Waals surface area (Å²) in [6.07, 6.45) is 0. The van der Waals surface area contributed by atoms with Crippen molar-refractivity contribution in [1.82, 2.24) is 0 Å². The lowest BCUT2D eigenvalue weighted by atomic mass is 10.2. The van der Waals surface area contributed by atoms with Crippen LogP contribution in [0.4, 0.5) is 4.39 Å². The van der Waals surface area contributed by atoms with Crippen LogP contribution in [0.2, 0.25) is 0 Å². The highest BCUT2D eigenvalue weighted by atomic mass is 32.1. The normalized spacial score (nSPS) is 9.64. The number of nitriles is 1. The average Bonchev–Trinajstić information content (AvgIpc) is 2.26. The molecule has 1 aromatic rings. The van der Waals surface area contributed by atoms with Gasteiger partial charge in [0.2, 0.25) is 0 Å². The van der Waals surface area contributed by atoms with Crippen LogP contribution in [0, 0.1) is 23.4 Å². The molecule has 58 valence electrons. The first kappa shape index (κ1) is 8.18. The van der Waals surface area contributed by atoms with Gasteiger partial charge in [0.25, 0.3) is 0 Å². The molecule has 0 spiro atoms. The summed E-state index contributed by atoms with van der Waals surface area (Å²) in [5, 5.41) is 8.06. The maximum absolute atomic E-state index is 12.8. The highest BCUT2D eigenvalue weighted by Gasteiger charge is 2.12. The Balaban J connectivity index is 3.28. The van der Waals surface area contributed by atoms with E-state index in [0.717, 1.165) is 16.2 Å². The number of rotatable bonds is 1. The summed E-state index contributed by atoms with van der Waals surface area (Å²) < 4.78 is 12.8. The number of thiophene rings is 1. The number of nitrogens with two attached hydrogens (primary N) is 1. The molecule has 1 heterocycles. The molecule has 2 N–H and O–H groups in total. The molecule has 0 amide bonds. The number of hydrogen-bond acceptors (Lipinski definition) is 3. The number of hydrogen-bond donors (Lipinski definition) is 1. The van der Waals surface area contributed by atoms with Crippen molar-refractivity contribution in [1.29, 1.82) is 5.26 Å². The van der Waals surface area contributed by atoms with E-state index in [1.807, 2.05) is 0 Å². The van der Waals surface area contributed by atoms with Gasteiger partial charge < -0.3 is 5.73 Å². The van der Waals surface area contributed by atoms with Crippen LogP contribution >= 0.6 is 11.3 Å². The summed E-state index contributed by atoms with van der Waals surface area (Å²) in [5.74, 6) is 0. The Morgan fingerprint density at radius 3 is 2.64 bits per heavy atom. The Labute approximate surface area is 68.1 Å². The fraction of sp³-hybridized carbons (Fsp3) is 0.286. The van der Waals surface area contributed by atoms with E-state index in [4.69, 9.17) is 11.0 Å². The first-order chi connectivity index (χ1) is 5.20. The molecule has 1 aromatic heterocycles. The predicted octanol–water partition coefficient (Wildman–Crippen LogP) is 1.53. The average molecular weight is 170 g/mol. The summed E-state index contributed by atoms with van der Waals surface area (Å²) >= 11 is 0.951. The van der Waals surface area contributed by atoms with Gasteiger partial charge >= 0.3 is 0 Å². The Hall–Kier alpha value is -0.920. The molecule has 0 aliphatic heterocycles. The third kappa shape index (κ3) is 1.25. The second kappa shape index (κ2) is 2.99. The molecule has 1 rings (SSSR count). The molecule has 0 aromatic carbocycles. The van der Waals surface area contributed by atoms with Gasteiger partial charge in [-0.1, -0.05) is 0 Å². The molecule has 0 radical (unpaired) electrons. The van der Waals surface area contributed by atoms with Crippen LogP contribution in [0.3, 0.4) is 0 Å². The topological polar surface area (TPSA) is 49.8 Å². The van der Waals surface area contributed by atoms with Crippen LogP contribution in [0.15, 0.2) is 0 Å². The maximum Gasteiger partial charge on any atom is 0.194 e. The van der Waals surface area contributed by atoms with Gasteiger partial charge in [-0.2, -0.15) is 9.65 Å². The molecule has 4 heteroatoms. The molecule has 0 aliphatic rings. The molecule has 0 saturated heterocycles. The van der Waals surface area contributed by atoms with E-state index in [9.17, 15) is 4.39 Å². The summed E-state index contributed by atoms with van der Waals surface area (Å²) in [5.41, 5.74) is 6.13. The largest absolute Gasteiger partial charge is 0.326 e. The highest BCUT2D eigenvalue weighted by Crippen LogP contribution is 2.24. The third-order valence-electron chi connectivity index (χ3n) is 1.50. The highest BCUT2D eigenvalue weighted by molar-refractivity contribution is 7.10. The van der Waals surface area contributed by atoms with E-state index in [1.165, 1.54) is 0 Å². The minimum Gasteiger partial charge on any atom is -0.326 e. The lowest BCUT2D eigenvalue weighted by molar-refractivity contribution is 0.653. The Morgan fingerprint density at radius 1 is 1.73 bits per heavy atom. The van der Waals surface area contributed by atoms with Crippen LogP contribution in [-0.4, -0.2) is 0 Å². The van der Waals surface area contributed by atoms with E-state index in [-0.39, 0.29) is 5.56 Å². The van der Waals surface area contributed by atoms with Gasteiger partial charge in [-0.3, -0.25) is 0 Å². The molecule has 0 unspecified atom stereocenters. The number of nitrogens with zero attached hydrogens (tertiary/aromatic N) is 1. The summed E-state index contributed by atoms with van der Waals surface area (Å²) in [6, 6.07) is 1.80. The van der Waals surface area contributed by atoms with E-state index in [2.05, 4.69) is 0 Å². The van der Waals surface area contributed by atoms with Gasteiger partial charge in [0.15, 0.2) is 5.13 Å². The van der Waals surface area contributed by atoms with Gasteiger partial charge in [0, 0.05) is 11.4 Å². The molecule has 11 heavy (non-hydrogen) atoms. The van der Waals surface area contributed by atoms with Crippen molar-refractivity contribution in [2.75, 3.05) is 0 Å². The van der Waals surface area contributed by atoms with E-state index in [1.54, 1.807) is 13.0 Å². The Morgan fingerprint density at radius 2 is 2.36 bits per heavy atom. The van der Waals surface area contributed by atoms with Crippen molar-refractivity contribution in [2.45, 2.75) is 13.5 Å². The monoisotopic (exact) mass is 170 g/mol. The van der Waals surface area contributed by atoms with Crippen molar-refractivity contribution >= 4 is 11.3 Å². The zero-order chi connectivity index (χ0) is 8.43. The molecular weight excluding hydrogens is 163 g/mol. The molecule has 0 fully saturated rings. The fourth-order valence-corrected chi connectivity index (χ4v) is 1.70. The van der Waals surface area contributed by atoms with Crippen LogP contribution in [-0.2, 0) is 6.54 Å². The minimum atomic E-state index is -0.426. The van der Waals surface area contributed by atoms with Crippen LogP contribution in [0.5, 0.6) is 0 Å². The Kier molecular flexibility index (Phi) is 2.22. The van der Waals surface area contributed by atoms with Gasteiger partial charge in [0.05, 0.1) is 0 Å². The minimum absolute atomic E-state index is 0.135. The summed E-state index contributed by atoms with van der Waals surface area (Å²) in [6.45, 7) is 2.01. The molecule has 0 aliphatic carbocycles. The van der Waals surface area contributed by atoms with Crippen molar-refractivity contribution in [3.05, 3.63) is 21.1 Å². The summed E-state index contributed by atoms with van der Waals surface area (Å²) in [4.78, 5) is 0.749. The first-order valence-electron chi connectivity index (χ1n) is 3.08. The second-order valence-electron chi connectivity index (χ2n) is 2.11. The number of halogens is 1. The van der Waals surface area contributed by atoms with Gasteiger partial charge in [-0.15, -0.1) is 11.3 Å². The van der Waals surface area contributed by atoms with Crippen molar-refractivity contribution in [3.8, 4) is 6.07 Å². The fourth-order valence-electron chi connectivity index (χ4n) is 0.845. The lowest BCUT2D eigenvalue weighted by Crippen LogP contribution is -1.94. The van der Waals surface area contributed by atoms with Gasteiger partial charge in [-0.25, -0.2) is 0 Å². The van der Waals surface area contributed by atoms with Crippen molar-refractivity contribution in [3.63, 3.8) is 0 Å².